The molecule has 0 radical (unpaired) electrons. The number of nitrogens with one attached hydrogen (secondary N) is 1. The van der Waals surface area contributed by atoms with Gasteiger partial charge in [0.05, 0.1) is 5.69 Å². The van der Waals surface area contributed by atoms with Crippen LogP contribution in [0.4, 0.5) is 0 Å². The number of thiophene rings is 1. The molecule has 68 valence electrons. The molecule has 6 heteroatoms. The number of carboxylic acid groups (broad SMARTS) is 1. The Morgan fingerprint density at radius 3 is 3.23 bits per heavy atom. The van der Waals surface area contributed by atoms with Crippen LogP contribution >= 0.6 is 11.3 Å². The van der Waals surface area contributed by atoms with Crippen molar-refractivity contribution in [1.82, 2.24) is 10.2 Å². The van der Waals surface area contributed by atoms with Crippen LogP contribution in [0.5, 0.6) is 0 Å². The summed E-state index contributed by atoms with van der Waals surface area (Å²) in [5, 5.41) is 17.9. The largest absolute Gasteiger partial charge is 0.480 e. The average Bonchev–Trinajstić information content (AvgIpc) is 2.61. The van der Waals surface area contributed by atoms with Crippen LogP contribution in [0.15, 0.2) is 11.4 Å². The highest BCUT2D eigenvalue weighted by Gasteiger charge is 2.19. The van der Waals surface area contributed by atoms with Gasteiger partial charge in [-0.15, -0.1) is 11.3 Å². The van der Waals surface area contributed by atoms with E-state index in [1.54, 1.807) is 0 Å². The van der Waals surface area contributed by atoms with Gasteiger partial charge in [0, 0.05) is 5.39 Å². The molecule has 2 aromatic rings. The van der Waals surface area contributed by atoms with Gasteiger partial charge in [-0.2, -0.15) is 5.10 Å². The molecule has 0 fully saturated rings. The van der Waals surface area contributed by atoms with Crippen LogP contribution < -0.4 is 5.73 Å². The molecular weight excluding hydrogens is 190 g/mol. The smallest absolute Gasteiger partial charge is 0.326 e. The zero-order valence-electron chi connectivity index (χ0n) is 6.52. The van der Waals surface area contributed by atoms with E-state index in [-0.39, 0.29) is 0 Å². The van der Waals surface area contributed by atoms with Crippen molar-refractivity contribution in [3.63, 3.8) is 0 Å². The molecule has 0 aliphatic carbocycles. The molecule has 1 atom stereocenters. The first-order chi connectivity index (χ1) is 6.20. The Morgan fingerprint density at radius 1 is 1.77 bits per heavy atom. The molecular formula is C7H7N3O2S. The quantitative estimate of drug-likeness (QED) is 0.661. The van der Waals surface area contributed by atoms with Crippen molar-refractivity contribution in [2.45, 2.75) is 6.04 Å². The molecule has 0 saturated carbocycles. The van der Waals surface area contributed by atoms with Crippen molar-refractivity contribution in [1.29, 1.82) is 0 Å². The fourth-order valence-corrected chi connectivity index (χ4v) is 1.86. The third-order valence-electron chi connectivity index (χ3n) is 1.79. The zero-order chi connectivity index (χ0) is 9.42. The number of aromatic nitrogens is 2. The van der Waals surface area contributed by atoms with Crippen LogP contribution in [-0.2, 0) is 4.79 Å². The minimum atomic E-state index is -1.06. The summed E-state index contributed by atoms with van der Waals surface area (Å²) in [7, 11) is 0. The van der Waals surface area contributed by atoms with Gasteiger partial charge in [-0.3, -0.25) is 9.89 Å². The summed E-state index contributed by atoms with van der Waals surface area (Å²) in [6.07, 6.45) is 0. The highest BCUT2D eigenvalue weighted by atomic mass is 32.1. The summed E-state index contributed by atoms with van der Waals surface area (Å²) in [5.74, 6) is -1.06. The van der Waals surface area contributed by atoms with Gasteiger partial charge in [0.15, 0.2) is 0 Å². The predicted octanol–water partition coefficient (Wildman–Crippen LogP) is 0.709. The molecule has 5 nitrogen and oxygen atoms in total. The first kappa shape index (κ1) is 8.21. The zero-order valence-corrected chi connectivity index (χ0v) is 7.34. The van der Waals surface area contributed by atoms with E-state index in [4.69, 9.17) is 10.8 Å². The Bertz CT molecular complexity index is 447. The van der Waals surface area contributed by atoms with Crippen LogP contribution in [-0.4, -0.2) is 21.3 Å². The summed E-state index contributed by atoms with van der Waals surface area (Å²) in [6.45, 7) is 0. The normalized spacial score (nSPS) is 13.3. The standard InChI is InChI=1S/C7H7N3O2S/c8-4(7(11)12)5-3-1-2-13-6(3)10-9-5/h1-2,4H,8H2,(H,9,10)(H,11,12). The van der Waals surface area contributed by atoms with E-state index >= 15 is 0 Å². The lowest BCUT2D eigenvalue weighted by Crippen LogP contribution is -2.21. The molecule has 4 N–H and O–H groups in total. The molecule has 0 aliphatic rings. The van der Waals surface area contributed by atoms with Gasteiger partial charge in [0.25, 0.3) is 0 Å². The van der Waals surface area contributed by atoms with Crippen molar-refractivity contribution < 1.29 is 9.90 Å². The van der Waals surface area contributed by atoms with E-state index in [2.05, 4.69) is 10.2 Å². The molecule has 0 aliphatic heterocycles. The summed E-state index contributed by atoms with van der Waals surface area (Å²) < 4.78 is 0. The predicted molar refractivity (Wildman–Crippen MR) is 48.5 cm³/mol. The molecule has 2 rings (SSSR count). The number of rotatable bonds is 2. The van der Waals surface area contributed by atoms with Crippen molar-refractivity contribution in [3.05, 3.63) is 17.1 Å². The second kappa shape index (κ2) is 2.82. The number of aliphatic carboxylic acids is 1. The first-order valence-corrected chi connectivity index (χ1v) is 4.48. The Kier molecular flexibility index (Phi) is 1.78. The van der Waals surface area contributed by atoms with E-state index in [0.717, 1.165) is 10.2 Å². The maximum Gasteiger partial charge on any atom is 0.326 e. The minimum Gasteiger partial charge on any atom is -0.480 e. The molecule has 2 heterocycles. The van der Waals surface area contributed by atoms with Crippen LogP contribution in [0.1, 0.15) is 11.7 Å². The molecule has 1 unspecified atom stereocenters. The Labute approximate surface area is 77.2 Å². The second-order valence-electron chi connectivity index (χ2n) is 2.59. The average molecular weight is 197 g/mol. The maximum atomic E-state index is 10.6. The van der Waals surface area contributed by atoms with Gasteiger partial charge in [-0.1, -0.05) is 0 Å². The first-order valence-electron chi connectivity index (χ1n) is 3.60. The van der Waals surface area contributed by atoms with Gasteiger partial charge >= 0.3 is 5.97 Å². The third-order valence-corrected chi connectivity index (χ3v) is 2.60. The van der Waals surface area contributed by atoms with Crippen molar-refractivity contribution >= 4 is 27.5 Å². The van der Waals surface area contributed by atoms with Gasteiger partial charge < -0.3 is 10.8 Å². The topological polar surface area (TPSA) is 92.0 Å². The maximum absolute atomic E-state index is 10.6. The Balaban J connectivity index is 2.54. The second-order valence-corrected chi connectivity index (χ2v) is 3.49. The highest BCUT2D eigenvalue weighted by Crippen LogP contribution is 2.24. The summed E-state index contributed by atoms with van der Waals surface area (Å²) in [6, 6.07) is 0.779. The molecule has 0 saturated heterocycles. The summed E-state index contributed by atoms with van der Waals surface area (Å²) in [4.78, 5) is 11.4. The van der Waals surface area contributed by atoms with E-state index in [0.29, 0.717) is 5.69 Å². The molecule has 0 bridgehead atoms. The summed E-state index contributed by atoms with van der Waals surface area (Å²) >= 11 is 1.45. The number of aromatic amines is 1. The third kappa shape index (κ3) is 1.20. The number of hydrogen-bond donors (Lipinski definition) is 3. The molecule has 2 aromatic heterocycles. The lowest BCUT2D eigenvalue weighted by Gasteiger charge is -2.01. The molecule has 0 aromatic carbocycles. The van der Waals surface area contributed by atoms with E-state index < -0.39 is 12.0 Å². The monoisotopic (exact) mass is 197 g/mol. The van der Waals surface area contributed by atoms with Gasteiger partial charge in [-0.05, 0) is 11.4 Å². The van der Waals surface area contributed by atoms with Crippen LogP contribution in [0.25, 0.3) is 10.2 Å². The number of nitrogens with zero attached hydrogens (tertiary/aromatic N) is 1. The van der Waals surface area contributed by atoms with Crippen molar-refractivity contribution in [2.24, 2.45) is 5.73 Å². The number of H-pyrrole nitrogens is 1. The molecule has 0 spiro atoms. The molecule has 13 heavy (non-hydrogen) atoms. The number of nitrogens with two attached hydrogens (primary N) is 1. The van der Waals surface area contributed by atoms with E-state index in [1.165, 1.54) is 11.3 Å². The SMILES string of the molecule is NC(C(=O)O)c1[nH]nc2sccc12. The number of carbonyl (C=O) groups is 1. The minimum absolute atomic E-state index is 0.462. The van der Waals surface area contributed by atoms with E-state index in [1.807, 2.05) is 11.4 Å². The Hall–Kier alpha value is -1.40. The lowest BCUT2D eigenvalue weighted by molar-refractivity contribution is -0.138. The number of carboxylic acids is 1. The van der Waals surface area contributed by atoms with Gasteiger partial charge in [0.2, 0.25) is 0 Å². The Morgan fingerprint density at radius 2 is 2.54 bits per heavy atom. The highest BCUT2D eigenvalue weighted by molar-refractivity contribution is 7.16. The fraction of sp³-hybridized carbons (Fsp3) is 0.143. The fourth-order valence-electron chi connectivity index (χ4n) is 1.12. The van der Waals surface area contributed by atoms with Crippen LogP contribution in [0.2, 0.25) is 0 Å². The van der Waals surface area contributed by atoms with Crippen molar-refractivity contribution in [3.8, 4) is 0 Å². The lowest BCUT2D eigenvalue weighted by atomic mass is 10.2. The van der Waals surface area contributed by atoms with E-state index in [9.17, 15) is 4.79 Å². The van der Waals surface area contributed by atoms with Crippen LogP contribution in [0, 0.1) is 0 Å². The summed E-state index contributed by atoms with van der Waals surface area (Å²) in [5.41, 5.74) is 5.90. The van der Waals surface area contributed by atoms with Gasteiger partial charge in [-0.25, -0.2) is 0 Å². The van der Waals surface area contributed by atoms with Crippen LogP contribution in [0.3, 0.4) is 0 Å². The molecule has 0 amide bonds. The number of hydrogen-bond acceptors (Lipinski definition) is 4. The number of fused-ring (bicyclic) bond motifs is 1. The van der Waals surface area contributed by atoms with Gasteiger partial charge in [0.1, 0.15) is 10.9 Å². The van der Waals surface area contributed by atoms with Crippen molar-refractivity contribution in [2.75, 3.05) is 0 Å².